The number of rotatable bonds is 4. The molecule has 1 nitrogen and oxygen atoms in total. The fourth-order valence-electron chi connectivity index (χ4n) is 3.71. The number of aliphatic hydroxyl groups is 1. The van der Waals surface area contributed by atoms with Gasteiger partial charge in [0.25, 0.3) is 0 Å². The van der Waals surface area contributed by atoms with Gasteiger partial charge >= 0.3 is 0 Å². The van der Waals surface area contributed by atoms with Gasteiger partial charge in [-0.25, -0.2) is 0 Å². The molecule has 1 fully saturated rings. The van der Waals surface area contributed by atoms with Crippen LogP contribution < -0.4 is 0 Å². The van der Waals surface area contributed by atoms with Gasteiger partial charge in [0.15, 0.2) is 0 Å². The van der Waals surface area contributed by atoms with Gasteiger partial charge in [-0.15, -0.1) is 6.58 Å². The summed E-state index contributed by atoms with van der Waals surface area (Å²) in [5.74, 6) is 1.12. The van der Waals surface area contributed by atoms with Crippen LogP contribution in [0.15, 0.2) is 43.0 Å². The molecule has 0 radical (unpaired) electrons. The second kappa shape index (κ2) is 5.92. The highest BCUT2D eigenvalue weighted by Crippen LogP contribution is 2.44. The van der Waals surface area contributed by atoms with E-state index in [0.717, 1.165) is 19.3 Å². The van der Waals surface area contributed by atoms with Crippen molar-refractivity contribution in [2.45, 2.75) is 51.0 Å². The van der Waals surface area contributed by atoms with E-state index >= 15 is 0 Å². The van der Waals surface area contributed by atoms with E-state index in [1.807, 2.05) is 6.08 Å². The maximum Gasteiger partial charge on any atom is 0.0718 e. The van der Waals surface area contributed by atoms with Crippen LogP contribution in [-0.4, -0.2) is 10.7 Å². The number of hydrogen-bond acceptors (Lipinski definition) is 1. The normalized spacial score (nSPS) is 29.2. The summed E-state index contributed by atoms with van der Waals surface area (Å²) in [4.78, 5) is 0. The highest BCUT2D eigenvalue weighted by atomic mass is 16.3. The van der Waals surface area contributed by atoms with Crippen LogP contribution in [0.2, 0.25) is 0 Å². The SMILES string of the molecule is C=CC(C(C)C)[C@]1(O)CCC[C@H](c2ccccc2)C1. The molecule has 1 N–H and O–H groups in total. The second-order valence-electron chi connectivity index (χ2n) is 6.31. The van der Waals surface area contributed by atoms with Gasteiger partial charge in [0.05, 0.1) is 5.60 Å². The highest BCUT2D eigenvalue weighted by Gasteiger charge is 2.41. The molecule has 19 heavy (non-hydrogen) atoms. The Kier molecular flexibility index (Phi) is 4.46. The first-order valence-corrected chi connectivity index (χ1v) is 7.46. The Hall–Kier alpha value is -1.08. The molecule has 1 saturated carbocycles. The number of hydrogen-bond donors (Lipinski definition) is 1. The van der Waals surface area contributed by atoms with Crippen molar-refractivity contribution in [3.05, 3.63) is 48.6 Å². The number of benzene rings is 1. The Morgan fingerprint density at radius 2 is 2.00 bits per heavy atom. The minimum absolute atomic E-state index is 0.194. The maximum absolute atomic E-state index is 11.1. The Labute approximate surface area is 117 Å². The molecular weight excluding hydrogens is 232 g/mol. The molecule has 2 rings (SSSR count). The maximum atomic E-state index is 11.1. The molecule has 0 bridgehead atoms. The van der Waals surface area contributed by atoms with Crippen molar-refractivity contribution in [2.24, 2.45) is 11.8 Å². The molecule has 1 heteroatoms. The molecule has 0 amide bonds. The van der Waals surface area contributed by atoms with Crippen molar-refractivity contribution in [3.63, 3.8) is 0 Å². The van der Waals surface area contributed by atoms with Gasteiger partial charge in [0, 0.05) is 5.92 Å². The Morgan fingerprint density at radius 1 is 1.32 bits per heavy atom. The molecule has 104 valence electrons. The molecular formula is C18H26O. The van der Waals surface area contributed by atoms with Crippen LogP contribution in [0.4, 0.5) is 0 Å². The zero-order valence-electron chi connectivity index (χ0n) is 12.2. The monoisotopic (exact) mass is 258 g/mol. The molecule has 1 aromatic rings. The first-order valence-electron chi connectivity index (χ1n) is 7.46. The Bertz CT molecular complexity index is 409. The largest absolute Gasteiger partial charge is 0.389 e. The second-order valence-corrected chi connectivity index (χ2v) is 6.31. The topological polar surface area (TPSA) is 20.2 Å². The van der Waals surface area contributed by atoms with Crippen molar-refractivity contribution in [2.75, 3.05) is 0 Å². The third-order valence-electron chi connectivity index (χ3n) is 4.63. The summed E-state index contributed by atoms with van der Waals surface area (Å²) in [6.45, 7) is 8.29. The van der Waals surface area contributed by atoms with E-state index in [2.05, 4.69) is 50.8 Å². The standard InChI is InChI=1S/C18H26O/c1-4-17(14(2)3)18(19)12-8-11-16(13-18)15-9-6-5-7-10-15/h4-7,9-10,14,16-17,19H,1,8,11-13H2,2-3H3/t16-,17?,18-/m0/s1. The van der Waals surface area contributed by atoms with Gasteiger partial charge in [-0.05, 0) is 43.1 Å². The minimum Gasteiger partial charge on any atom is -0.389 e. The van der Waals surface area contributed by atoms with Crippen molar-refractivity contribution in [1.29, 1.82) is 0 Å². The minimum atomic E-state index is -0.575. The summed E-state index contributed by atoms with van der Waals surface area (Å²) >= 11 is 0. The summed E-state index contributed by atoms with van der Waals surface area (Å²) in [5.41, 5.74) is 0.793. The van der Waals surface area contributed by atoms with Crippen LogP contribution in [-0.2, 0) is 0 Å². The molecule has 0 aliphatic heterocycles. The summed E-state index contributed by atoms with van der Waals surface area (Å²) in [5, 5.41) is 11.1. The molecule has 1 aromatic carbocycles. The lowest BCUT2D eigenvalue weighted by Crippen LogP contribution is -2.43. The van der Waals surface area contributed by atoms with Gasteiger partial charge in [-0.3, -0.25) is 0 Å². The molecule has 0 saturated heterocycles. The van der Waals surface area contributed by atoms with Gasteiger partial charge < -0.3 is 5.11 Å². The fraction of sp³-hybridized carbons (Fsp3) is 0.556. The zero-order valence-corrected chi connectivity index (χ0v) is 12.2. The van der Waals surface area contributed by atoms with E-state index in [-0.39, 0.29) is 5.92 Å². The predicted molar refractivity (Wildman–Crippen MR) is 81.1 cm³/mol. The van der Waals surface area contributed by atoms with Crippen LogP contribution in [0.5, 0.6) is 0 Å². The molecule has 0 heterocycles. The van der Waals surface area contributed by atoms with E-state index < -0.39 is 5.60 Å². The van der Waals surface area contributed by atoms with Crippen molar-refractivity contribution >= 4 is 0 Å². The van der Waals surface area contributed by atoms with Crippen LogP contribution >= 0.6 is 0 Å². The predicted octanol–water partition coefficient (Wildman–Crippen LogP) is 4.53. The molecule has 1 aliphatic rings. The van der Waals surface area contributed by atoms with Crippen LogP contribution in [0.25, 0.3) is 0 Å². The third kappa shape index (κ3) is 3.09. The molecule has 1 aliphatic carbocycles. The van der Waals surface area contributed by atoms with E-state index in [9.17, 15) is 5.11 Å². The lowest BCUT2D eigenvalue weighted by Gasteiger charge is -2.43. The zero-order chi connectivity index (χ0) is 13.9. The molecule has 0 spiro atoms. The smallest absolute Gasteiger partial charge is 0.0718 e. The van der Waals surface area contributed by atoms with E-state index in [4.69, 9.17) is 0 Å². The average Bonchev–Trinajstić information content (AvgIpc) is 2.39. The average molecular weight is 258 g/mol. The van der Waals surface area contributed by atoms with Crippen molar-refractivity contribution in [3.8, 4) is 0 Å². The first kappa shape index (κ1) is 14.3. The van der Waals surface area contributed by atoms with E-state index in [0.29, 0.717) is 11.8 Å². The quantitative estimate of drug-likeness (QED) is 0.786. The van der Waals surface area contributed by atoms with E-state index in [1.54, 1.807) is 0 Å². The van der Waals surface area contributed by atoms with Gasteiger partial charge in [-0.1, -0.05) is 50.3 Å². The Morgan fingerprint density at radius 3 is 2.58 bits per heavy atom. The fourth-order valence-corrected chi connectivity index (χ4v) is 3.71. The summed E-state index contributed by atoms with van der Waals surface area (Å²) in [6, 6.07) is 10.6. The van der Waals surface area contributed by atoms with Gasteiger partial charge in [0.2, 0.25) is 0 Å². The third-order valence-corrected chi connectivity index (χ3v) is 4.63. The molecule has 0 aromatic heterocycles. The van der Waals surface area contributed by atoms with Gasteiger partial charge in [0.1, 0.15) is 0 Å². The van der Waals surface area contributed by atoms with Crippen LogP contribution in [0, 0.1) is 11.8 Å². The van der Waals surface area contributed by atoms with Gasteiger partial charge in [-0.2, -0.15) is 0 Å². The Balaban J connectivity index is 2.18. The summed E-state index contributed by atoms with van der Waals surface area (Å²) in [7, 11) is 0. The highest BCUT2D eigenvalue weighted by molar-refractivity contribution is 5.21. The summed E-state index contributed by atoms with van der Waals surface area (Å²) in [6.07, 6.45) is 6.02. The first-order chi connectivity index (χ1) is 9.07. The van der Waals surface area contributed by atoms with E-state index in [1.165, 1.54) is 12.0 Å². The van der Waals surface area contributed by atoms with Crippen LogP contribution in [0.3, 0.4) is 0 Å². The van der Waals surface area contributed by atoms with Crippen LogP contribution in [0.1, 0.15) is 51.0 Å². The molecule has 1 unspecified atom stereocenters. The van der Waals surface area contributed by atoms with Crippen molar-refractivity contribution in [1.82, 2.24) is 0 Å². The van der Waals surface area contributed by atoms with Crippen molar-refractivity contribution < 1.29 is 5.11 Å². The molecule has 3 atom stereocenters. The summed E-state index contributed by atoms with van der Waals surface area (Å²) < 4.78 is 0. The lowest BCUT2D eigenvalue weighted by atomic mass is 9.67. The lowest BCUT2D eigenvalue weighted by molar-refractivity contribution is -0.0529.